The molecule has 4 aromatic rings. The van der Waals surface area contributed by atoms with Crippen LogP contribution in [0.15, 0.2) is 78.8 Å². The van der Waals surface area contributed by atoms with Crippen LogP contribution in [0, 0.1) is 0 Å². The smallest absolute Gasteiger partial charge is 0.143 e. The SMILES string of the molecule is C/C=C(/CCCCCCCNC1CCN(Cc2ccc(-c3cc4c(N[C@H](C)c5ccccc5)ncnc4[nH]3)cc2)CC1)NO. The zero-order chi connectivity index (χ0) is 30.6. The Morgan fingerprint density at radius 2 is 1.75 bits per heavy atom. The maximum absolute atomic E-state index is 9.00. The van der Waals surface area contributed by atoms with E-state index in [1.807, 2.05) is 19.1 Å². The highest BCUT2D eigenvalue weighted by Crippen LogP contribution is 2.29. The number of nitrogens with one attached hydrogen (secondary N) is 4. The van der Waals surface area contributed by atoms with E-state index < -0.39 is 0 Å². The number of unbranched alkanes of at least 4 members (excludes halogenated alkanes) is 4. The fourth-order valence-electron chi connectivity index (χ4n) is 6.13. The van der Waals surface area contributed by atoms with Gasteiger partial charge in [0.2, 0.25) is 0 Å². The van der Waals surface area contributed by atoms with E-state index in [4.69, 9.17) is 5.21 Å². The summed E-state index contributed by atoms with van der Waals surface area (Å²) in [6, 6.07) is 22.3. The lowest BCUT2D eigenvalue weighted by Gasteiger charge is -2.32. The van der Waals surface area contributed by atoms with Crippen LogP contribution >= 0.6 is 0 Å². The van der Waals surface area contributed by atoms with Gasteiger partial charge in [-0.1, -0.05) is 79.9 Å². The minimum absolute atomic E-state index is 0.141. The molecule has 0 aliphatic carbocycles. The van der Waals surface area contributed by atoms with Crippen molar-refractivity contribution < 1.29 is 5.21 Å². The van der Waals surface area contributed by atoms with Crippen LogP contribution in [-0.4, -0.2) is 50.7 Å². The molecule has 1 aliphatic rings. The lowest BCUT2D eigenvalue weighted by Crippen LogP contribution is -2.42. The van der Waals surface area contributed by atoms with Crippen molar-refractivity contribution in [1.82, 2.24) is 30.6 Å². The van der Waals surface area contributed by atoms with E-state index in [9.17, 15) is 0 Å². The number of benzene rings is 2. The van der Waals surface area contributed by atoms with Gasteiger partial charge in [0, 0.05) is 30.0 Å². The van der Waals surface area contributed by atoms with E-state index in [1.165, 1.54) is 49.7 Å². The number of aromatic amines is 1. The summed E-state index contributed by atoms with van der Waals surface area (Å²) < 4.78 is 0. The summed E-state index contributed by atoms with van der Waals surface area (Å²) in [4.78, 5) is 15.1. The summed E-state index contributed by atoms with van der Waals surface area (Å²) in [5.74, 6) is 0.843. The lowest BCUT2D eigenvalue weighted by atomic mass is 10.0. The molecule has 3 heterocycles. The van der Waals surface area contributed by atoms with Gasteiger partial charge in [0.15, 0.2) is 0 Å². The Balaban J connectivity index is 1.04. The normalized spacial score (nSPS) is 15.5. The molecule has 1 saturated heterocycles. The second kappa shape index (κ2) is 16.4. The molecular formula is C36H49N7O. The number of fused-ring (bicyclic) bond motifs is 1. The number of anilines is 1. The number of hydrogen-bond donors (Lipinski definition) is 5. The Kier molecular flexibility index (Phi) is 11.8. The van der Waals surface area contributed by atoms with Gasteiger partial charge < -0.3 is 15.6 Å². The Bertz CT molecular complexity index is 1440. The van der Waals surface area contributed by atoms with Crippen LogP contribution in [0.2, 0.25) is 0 Å². The van der Waals surface area contributed by atoms with Crippen LogP contribution in [0.5, 0.6) is 0 Å². The highest BCUT2D eigenvalue weighted by molar-refractivity contribution is 5.91. The molecule has 1 fully saturated rings. The van der Waals surface area contributed by atoms with E-state index in [0.717, 1.165) is 72.8 Å². The number of aromatic nitrogens is 3. The molecule has 1 aliphatic heterocycles. The van der Waals surface area contributed by atoms with Gasteiger partial charge in [0.1, 0.15) is 17.8 Å². The third-order valence-corrected chi connectivity index (χ3v) is 8.89. The second-order valence-corrected chi connectivity index (χ2v) is 12.1. The lowest BCUT2D eigenvalue weighted by molar-refractivity contribution is 0.190. The standard InChI is InChI=1S/C36H49N7O/c1-3-31(42-44)14-10-5-4-6-11-21-37-32-19-22-43(23-20-32)25-28-15-17-30(18-16-28)34-24-33-35(38-26-39-36(33)41-34)40-27(2)29-12-8-7-9-13-29/h3,7-9,12-13,15-18,24,26-27,32,37,42,44H,4-6,10-11,14,19-23,25H2,1-2H3,(H2,38,39,40,41)/b31-3-/t27-/m1/s1. The van der Waals surface area contributed by atoms with Crippen molar-refractivity contribution in [3.63, 3.8) is 0 Å². The Labute approximate surface area is 262 Å². The maximum atomic E-state index is 9.00. The molecule has 2 aromatic carbocycles. The molecule has 0 radical (unpaired) electrons. The van der Waals surface area contributed by atoms with Crippen molar-refractivity contribution in [3.05, 3.63) is 89.9 Å². The van der Waals surface area contributed by atoms with Gasteiger partial charge in [-0.15, -0.1) is 0 Å². The molecule has 0 bridgehead atoms. The molecule has 0 unspecified atom stereocenters. The molecule has 1 atom stereocenters. The monoisotopic (exact) mass is 595 g/mol. The predicted molar refractivity (Wildman–Crippen MR) is 180 cm³/mol. The van der Waals surface area contributed by atoms with Crippen molar-refractivity contribution in [2.24, 2.45) is 0 Å². The maximum Gasteiger partial charge on any atom is 0.143 e. The van der Waals surface area contributed by atoms with E-state index in [1.54, 1.807) is 6.33 Å². The van der Waals surface area contributed by atoms with E-state index in [-0.39, 0.29) is 6.04 Å². The number of likely N-dealkylation sites (tertiary alicyclic amines) is 1. The minimum Gasteiger partial charge on any atom is -0.363 e. The van der Waals surface area contributed by atoms with Crippen LogP contribution in [-0.2, 0) is 6.54 Å². The highest BCUT2D eigenvalue weighted by Gasteiger charge is 2.19. The van der Waals surface area contributed by atoms with Crippen molar-refractivity contribution in [2.75, 3.05) is 25.0 Å². The summed E-state index contributed by atoms with van der Waals surface area (Å²) in [6.07, 6.45) is 13.1. The van der Waals surface area contributed by atoms with Gasteiger partial charge in [-0.25, -0.2) is 9.97 Å². The van der Waals surface area contributed by atoms with Crippen LogP contribution in [0.4, 0.5) is 5.82 Å². The average Bonchev–Trinajstić information content (AvgIpc) is 3.51. The fourth-order valence-corrected chi connectivity index (χ4v) is 6.13. The molecule has 8 nitrogen and oxygen atoms in total. The van der Waals surface area contributed by atoms with E-state index in [0.29, 0.717) is 6.04 Å². The second-order valence-electron chi connectivity index (χ2n) is 12.1. The Hall–Kier alpha value is -3.72. The highest BCUT2D eigenvalue weighted by atomic mass is 16.5. The topological polar surface area (TPSA) is 101 Å². The minimum atomic E-state index is 0.141. The number of piperidine rings is 1. The van der Waals surface area contributed by atoms with Gasteiger partial charge in [0.25, 0.3) is 0 Å². The number of allylic oxidation sites excluding steroid dienone is 2. The van der Waals surface area contributed by atoms with Gasteiger partial charge >= 0.3 is 0 Å². The van der Waals surface area contributed by atoms with Crippen molar-refractivity contribution in [2.45, 2.75) is 83.8 Å². The first kappa shape index (κ1) is 31.7. The fraction of sp³-hybridized carbons (Fsp3) is 0.444. The predicted octanol–water partition coefficient (Wildman–Crippen LogP) is 7.58. The van der Waals surface area contributed by atoms with Crippen molar-refractivity contribution in [1.29, 1.82) is 0 Å². The van der Waals surface area contributed by atoms with Gasteiger partial charge in [-0.05, 0) is 88.3 Å². The molecule has 0 amide bonds. The van der Waals surface area contributed by atoms with Crippen molar-refractivity contribution in [3.8, 4) is 11.3 Å². The Morgan fingerprint density at radius 3 is 2.50 bits per heavy atom. The molecule has 44 heavy (non-hydrogen) atoms. The number of rotatable bonds is 16. The number of hydrogen-bond acceptors (Lipinski definition) is 7. The quantitative estimate of drug-likeness (QED) is 0.0673. The first-order valence-corrected chi connectivity index (χ1v) is 16.4. The Morgan fingerprint density at radius 1 is 1.00 bits per heavy atom. The first-order valence-electron chi connectivity index (χ1n) is 16.4. The van der Waals surface area contributed by atoms with Crippen LogP contribution < -0.4 is 16.1 Å². The molecule has 5 rings (SSSR count). The van der Waals surface area contributed by atoms with Crippen LogP contribution in [0.3, 0.4) is 0 Å². The first-order chi connectivity index (χ1) is 21.6. The summed E-state index contributed by atoms with van der Waals surface area (Å²) in [7, 11) is 0. The molecule has 5 N–H and O–H groups in total. The van der Waals surface area contributed by atoms with E-state index in [2.05, 4.69) is 97.5 Å². The molecule has 2 aromatic heterocycles. The number of nitrogens with zero attached hydrogens (tertiary/aromatic N) is 3. The molecule has 234 valence electrons. The zero-order valence-corrected chi connectivity index (χ0v) is 26.4. The molecule has 8 heteroatoms. The molecule has 0 saturated carbocycles. The third kappa shape index (κ3) is 8.91. The summed E-state index contributed by atoms with van der Waals surface area (Å²) in [6.45, 7) is 8.51. The third-order valence-electron chi connectivity index (χ3n) is 8.89. The number of H-pyrrole nitrogens is 1. The van der Waals surface area contributed by atoms with Gasteiger partial charge in [-0.3, -0.25) is 15.6 Å². The van der Waals surface area contributed by atoms with Crippen LogP contribution in [0.25, 0.3) is 22.3 Å². The largest absolute Gasteiger partial charge is 0.363 e. The average molecular weight is 596 g/mol. The van der Waals surface area contributed by atoms with Crippen molar-refractivity contribution >= 4 is 16.9 Å². The van der Waals surface area contributed by atoms with Gasteiger partial charge in [0.05, 0.1) is 5.39 Å². The summed E-state index contributed by atoms with van der Waals surface area (Å²) in [5.41, 5.74) is 8.83. The van der Waals surface area contributed by atoms with Gasteiger partial charge in [-0.2, -0.15) is 0 Å². The van der Waals surface area contributed by atoms with Crippen LogP contribution in [0.1, 0.15) is 82.4 Å². The summed E-state index contributed by atoms with van der Waals surface area (Å²) >= 11 is 0. The zero-order valence-electron chi connectivity index (χ0n) is 26.4. The number of hydroxylamine groups is 1. The summed E-state index contributed by atoms with van der Waals surface area (Å²) in [5, 5.41) is 17.4. The molecule has 0 spiro atoms. The molecular weight excluding hydrogens is 546 g/mol. The van der Waals surface area contributed by atoms with E-state index >= 15 is 0 Å².